The number of hydrogen-bond donors (Lipinski definition) is 1. The minimum absolute atomic E-state index is 0.163. The molecule has 3 aromatic rings. The van der Waals surface area contributed by atoms with Gasteiger partial charge < -0.3 is 10.2 Å². The van der Waals surface area contributed by atoms with Gasteiger partial charge in [0.05, 0.1) is 5.39 Å². The summed E-state index contributed by atoms with van der Waals surface area (Å²) in [5, 5.41) is 4.12. The Kier molecular flexibility index (Phi) is 4.49. The molecule has 1 aliphatic heterocycles. The van der Waals surface area contributed by atoms with Crippen molar-refractivity contribution >= 4 is 22.8 Å². The second-order valence-electron chi connectivity index (χ2n) is 8.25. The van der Waals surface area contributed by atoms with Crippen molar-refractivity contribution < 1.29 is 4.79 Å². The summed E-state index contributed by atoms with van der Waals surface area (Å²) in [5.41, 5.74) is 4.19. The van der Waals surface area contributed by atoms with Crippen LogP contribution < -0.4 is 10.2 Å². The van der Waals surface area contributed by atoms with Crippen molar-refractivity contribution in [3.05, 3.63) is 47.4 Å². The first-order valence-corrected chi connectivity index (χ1v) is 10.6. The molecule has 1 amide bonds. The summed E-state index contributed by atoms with van der Waals surface area (Å²) in [5.74, 6) is 1.02. The Balaban J connectivity index is 1.73. The van der Waals surface area contributed by atoms with Crippen LogP contribution in [0.5, 0.6) is 0 Å². The lowest BCUT2D eigenvalue weighted by atomic mass is 10.1. The lowest BCUT2D eigenvalue weighted by molar-refractivity contribution is 0.0941. The Bertz CT molecular complexity index is 1060. The Morgan fingerprint density at radius 1 is 1.03 bits per heavy atom. The van der Waals surface area contributed by atoms with Crippen LogP contribution in [0.25, 0.3) is 16.7 Å². The molecule has 2 aliphatic rings. The van der Waals surface area contributed by atoms with Crippen molar-refractivity contribution in [1.82, 2.24) is 19.9 Å². The number of nitrogens with one attached hydrogen (secondary N) is 1. The zero-order valence-corrected chi connectivity index (χ0v) is 17.1. The van der Waals surface area contributed by atoms with Gasteiger partial charge >= 0.3 is 0 Å². The fraction of sp³-hybridized carbons (Fsp3) is 0.435. The van der Waals surface area contributed by atoms with Crippen LogP contribution in [0.2, 0.25) is 0 Å². The molecule has 2 fully saturated rings. The van der Waals surface area contributed by atoms with Crippen LogP contribution in [0.4, 0.5) is 5.82 Å². The summed E-state index contributed by atoms with van der Waals surface area (Å²) in [6, 6.07) is 10.5. The summed E-state index contributed by atoms with van der Waals surface area (Å²) in [7, 11) is 0. The van der Waals surface area contributed by atoms with Gasteiger partial charge in [-0.1, -0.05) is 18.2 Å². The molecule has 1 saturated heterocycles. The molecule has 0 bridgehead atoms. The quantitative estimate of drug-likeness (QED) is 0.735. The number of piperidine rings is 1. The second kappa shape index (κ2) is 7.17. The van der Waals surface area contributed by atoms with E-state index in [1.165, 1.54) is 12.0 Å². The maximum Gasteiger partial charge on any atom is 0.289 e. The number of amides is 1. The predicted octanol–water partition coefficient (Wildman–Crippen LogP) is 3.92. The van der Waals surface area contributed by atoms with Gasteiger partial charge in [-0.25, -0.2) is 9.97 Å². The number of hydrogen-bond acceptors (Lipinski definition) is 4. The molecule has 150 valence electrons. The molecule has 2 aromatic heterocycles. The highest BCUT2D eigenvalue weighted by Gasteiger charge is 2.28. The maximum atomic E-state index is 12.8. The van der Waals surface area contributed by atoms with E-state index in [2.05, 4.69) is 40.8 Å². The van der Waals surface area contributed by atoms with E-state index in [1.807, 2.05) is 18.2 Å². The molecule has 1 aliphatic carbocycles. The Labute approximate surface area is 171 Å². The topological polar surface area (TPSA) is 63.1 Å². The highest BCUT2D eigenvalue weighted by Crippen LogP contribution is 2.34. The first-order chi connectivity index (χ1) is 14.1. The molecule has 1 saturated carbocycles. The maximum absolute atomic E-state index is 12.8. The zero-order chi connectivity index (χ0) is 20.0. The molecule has 0 spiro atoms. The number of aryl methyl sites for hydroxylation is 1. The van der Waals surface area contributed by atoms with Crippen molar-refractivity contribution in [2.45, 2.75) is 52.0 Å². The minimum Gasteiger partial charge on any atom is -0.356 e. The number of carbonyl (C=O) groups is 1. The van der Waals surface area contributed by atoms with Crippen LogP contribution in [-0.4, -0.2) is 39.6 Å². The van der Waals surface area contributed by atoms with E-state index in [-0.39, 0.29) is 17.8 Å². The van der Waals surface area contributed by atoms with Gasteiger partial charge in [-0.05, 0) is 63.6 Å². The van der Waals surface area contributed by atoms with Crippen LogP contribution in [-0.2, 0) is 0 Å². The molecule has 1 aromatic carbocycles. The average Bonchev–Trinajstić information content (AvgIpc) is 3.54. The van der Waals surface area contributed by atoms with Crippen LogP contribution in [0.15, 0.2) is 30.3 Å². The smallest absolute Gasteiger partial charge is 0.289 e. The molecule has 0 radical (unpaired) electrons. The number of aromatic nitrogens is 3. The molecule has 3 heterocycles. The first kappa shape index (κ1) is 18.2. The summed E-state index contributed by atoms with van der Waals surface area (Å²) in [6.45, 7) is 6.21. The van der Waals surface area contributed by atoms with Gasteiger partial charge in [-0.2, -0.15) is 0 Å². The first-order valence-electron chi connectivity index (χ1n) is 10.6. The van der Waals surface area contributed by atoms with E-state index in [9.17, 15) is 4.79 Å². The molecular formula is C23H27N5O. The lowest BCUT2D eigenvalue weighted by Gasteiger charge is -2.28. The van der Waals surface area contributed by atoms with Crippen molar-refractivity contribution in [1.29, 1.82) is 0 Å². The summed E-state index contributed by atoms with van der Waals surface area (Å²) in [4.78, 5) is 24.8. The van der Waals surface area contributed by atoms with Gasteiger partial charge in [0.25, 0.3) is 5.91 Å². The van der Waals surface area contributed by atoms with Gasteiger partial charge in [0, 0.05) is 30.5 Å². The third-order valence-electron chi connectivity index (χ3n) is 6.12. The van der Waals surface area contributed by atoms with Crippen molar-refractivity contribution in [2.24, 2.45) is 0 Å². The van der Waals surface area contributed by atoms with Crippen LogP contribution in [0.3, 0.4) is 0 Å². The molecular weight excluding hydrogens is 362 g/mol. The number of nitrogens with zero attached hydrogens (tertiary/aromatic N) is 4. The standard InChI is InChI=1S/C23H27N5O/c1-15-16(2)28(18-9-5-3-6-10-18)22-19(15)21(27-13-7-4-8-14-27)25-20(26-22)23(29)24-17-11-12-17/h3,5-6,9-10,17H,4,7-8,11-14H2,1-2H3,(H,24,29). The van der Waals surface area contributed by atoms with E-state index in [1.54, 1.807) is 0 Å². The Morgan fingerprint density at radius 2 is 1.76 bits per heavy atom. The van der Waals surface area contributed by atoms with E-state index in [4.69, 9.17) is 9.97 Å². The fourth-order valence-corrected chi connectivity index (χ4v) is 4.25. The second-order valence-corrected chi connectivity index (χ2v) is 8.25. The molecule has 0 unspecified atom stereocenters. The van der Waals surface area contributed by atoms with Crippen molar-refractivity contribution in [3.63, 3.8) is 0 Å². The molecule has 6 heteroatoms. The van der Waals surface area contributed by atoms with Crippen molar-refractivity contribution in [3.8, 4) is 5.69 Å². The number of rotatable bonds is 4. The van der Waals surface area contributed by atoms with Crippen LogP contribution in [0.1, 0.15) is 54.0 Å². The number of benzene rings is 1. The Hall–Kier alpha value is -2.89. The third-order valence-corrected chi connectivity index (χ3v) is 6.12. The van der Waals surface area contributed by atoms with Gasteiger partial charge in [-0.15, -0.1) is 0 Å². The fourth-order valence-electron chi connectivity index (χ4n) is 4.25. The van der Waals surface area contributed by atoms with Gasteiger partial charge in [0.15, 0.2) is 5.65 Å². The monoisotopic (exact) mass is 389 g/mol. The van der Waals surface area contributed by atoms with Gasteiger partial charge in [-0.3, -0.25) is 9.36 Å². The number of carbonyl (C=O) groups excluding carboxylic acids is 1. The summed E-state index contributed by atoms with van der Waals surface area (Å²) < 4.78 is 2.16. The van der Waals surface area contributed by atoms with Crippen molar-refractivity contribution in [2.75, 3.05) is 18.0 Å². The van der Waals surface area contributed by atoms with E-state index in [0.717, 1.165) is 67.0 Å². The summed E-state index contributed by atoms with van der Waals surface area (Å²) in [6.07, 6.45) is 5.67. The third kappa shape index (κ3) is 3.26. The van der Waals surface area contributed by atoms with Crippen LogP contribution in [0, 0.1) is 13.8 Å². The Morgan fingerprint density at radius 3 is 2.45 bits per heavy atom. The highest BCUT2D eigenvalue weighted by molar-refractivity contribution is 5.98. The minimum atomic E-state index is -0.163. The zero-order valence-electron chi connectivity index (χ0n) is 17.1. The molecule has 1 N–H and O–H groups in total. The number of fused-ring (bicyclic) bond motifs is 1. The molecule has 6 nitrogen and oxygen atoms in total. The van der Waals surface area contributed by atoms with Gasteiger partial charge in [0.1, 0.15) is 5.82 Å². The van der Waals surface area contributed by atoms with E-state index < -0.39 is 0 Å². The van der Waals surface area contributed by atoms with E-state index >= 15 is 0 Å². The molecule has 0 atom stereocenters. The highest BCUT2D eigenvalue weighted by atomic mass is 16.2. The SMILES string of the molecule is Cc1c(C)n(-c2ccccc2)c2nc(C(=O)NC3CC3)nc(N3CCCCC3)c12. The number of para-hydroxylation sites is 1. The largest absolute Gasteiger partial charge is 0.356 e. The van der Waals surface area contributed by atoms with Crippen LogP contribution >= 0.6 is 0 Å². The molecule has 5 rings (SSSR count). The van der Waals surface area contributed by atoms with E-state index in [0.29, 0.717) is 0 Å². The predicted molar refractivity (Wildman–Crippen MR) is 115 cm³/mol. The average molecular weight is 390 g/mol. The summed E-state index contributed by atoms with van der Waals surface area (Å²) >= 11 is 0. The van der Waals surface area contributed by atoms with Gasteiger partial charge in [0.2, 0.25) is 5.82 Å². The lowest BCUT2D eigenvalue weighted by Crippen LogP contribution is -2.32. The normalized spacial score (nSPS) is 17.0. The number of anilines is 1. The molecule has 29 heavy (non-hydrogen) atoms.